The number of benzene rings is 2. The van der Waals surface area contributed by atoms with Gasteiger partial charge in [-0.3, -0.25) is 4.79 Å². The second-order valence-electron chi connectivity index (χ2n) is 6.60. The number of nitrogens with zero attached hydrogens (tertiary/aromatic N) is 2. The molecule has 1 heterocycles. The lowest BCUT2D eigenvalue weighted by Crippen LogP contribution is -2.15. The van der Waals surface area contributed by atoms with Crippen LogP contribution in [-0.4, -0.2) is 30.1 Å². The molecular formula is C22H24N4O3. The lowest BCUT2D eigenvalue weighted by Gasteiger charge is -2.11. The summed E-state index contributed by atoms with van der Waals surface area (Å²) in [4.78, 5) is 20.9. The molecule has 0 unspecified atom stereocenters. The fraction of sp³-hybridized carbons (Fsp3) is 0.227. The number of rotatable bonds is 7. The number of hydrogen-bond acceptors (Lipinski definition) is 6. The first-order valence-corrected chi connectivity index (χ1v) is 9.15. The second kappa shape index (κ2) is 9.05. The molecule has 3 rings (SSSR count). The maximum Gasteiger partial charge on any atom is 0.275 e. The lowest BCUT2D eigenvalue weighted by atomic mass is 10.1. The highest BCUT2D eigenvalue weighted by molar-refractivity contribution is 6.03. The molecule has 150 valence electrons. The highest BCUT2D eigenvalue weighted by atomic mass is 16.5. The number of aryl methyl sites for hydroxylation is 2. The van der Waals surface area contributed by atoms with E-state index in [0.29, 0.717) is 23.9 Å². The maximum absolute atomic E-state index is 12.4. The van der Waals surface area contributed by atoms with Crippen LogP contribution in [0.3, 0.4) is 0 Å². The molecule has 3 aromatic rings. The molecule has 0 atom stereocenters. The summed E-state index contributed by atoms with van der Waals surface area (Å²) in [5.41, 5.74) is 4.16. The van der Waals surface area contributed by atoms with Crippen LogP contribution in [0.4, 0.5) is 11.5 Å². The van der Waals surface area contributed by atoms with Crippen LogP contribution in [0.25, 0.3) is 0 Å². The summed E-state index contributed by atoms with van der Waals surface area (Å²) in [5.74, 6) is 1.62. The Morgan fingerprint density at radius 3 is 2.41 bits per heavy atom. The van der Waals surface area contributed by atoms with Crippen molar-refractivity contribution in [2.75, 3.05) is 24.9 Å². The molecule has 0 aliphatic carbocycles. The van der Waals surface area contributed by atoms with Gasteiger partial charge in [-0.25, -0.2) is 9.97 Å². The SMILES string of the molecule is COc1ccc(CNc2cnc(C(=O)Nc3ccc(C)cc3C)cn2)cc1OC. The Kier molecular flexibility index (Phi) is 6.29. The average molecular weight is 392 g/mol. The number of nitrogens with one attached hydrogen (secondary N) is 2. The number of carbonyl (C=O) groups is 1. The molecule has 7 nitrogen and oxygen atoms in total. The van der Waals surface area contributed by atoms with E-state index in [4.69, 9.17) is 9.47 Å². The minimum absolute atomic E-state index is 0.252. The molecule has 0 aliphatic heterocycles. The molecule has 1 amide bonds. The smallest absolute Gasteiger partial charge is 0.275 e. The highest BCUT2D eigenvalue weighted by Gasteiger charge is 2.10. The predicted octanol–water partition coefficient (Wildman–Crippen LogP) is 3.98. The van der Waals surface area contributed by atoms with Gasteiger partial charge in [-0.15, -0.1) is 0 Å². The van der Waals surface area contributed by atoms with Crippen molar-refractivity contribution in [3.63, 3.8) is 0 Å². The summed E-state index contributed by atoms with van der Waals surface area (Å²) >= 11 is 0. The third-order valence-corrected chi connectivity index (χ3v) is 4.44. The van der Waals surface area contributed by atoms with E-state index in [0.717, 1.165) is 22.4 Å². The van der Waals surface area contributed by atoms with Crippen LogP contribution in [0.5, 0.6) is 11.5 Å². The molecule has 2 N–H and O–H groups in total. The van der Waals surface area contributed by atoms with E-state index < -0.39 is 0 Å². The zero-order valence-electron chi connectivity index (χ0n) is 16.9. The molecule has 0 bridgehead atoms. The molecular weight excluding hydrogens is 368 g/mol. The van der Waals surface area contributed by atoms with Crippen LogP contribution in [0.15, 0.2) is 48.8 Å². The highest BCUT2D eigenvalue weighted by Crippen LogP contribution is 2.27. The van der Waals surface area contributed by atoms with Crippen LogP contribution in [0, 0.1) is 13.8 Å². The Bertz CT molecular complexity index is 1000. The first kappa shape index (κ1) is 20.1. The summed E-state index contributed by atoms with van der Waals surface area (Å²) in [7, 11) is 3.20. The molecule has 7 heteroatoms. The third-order valence-electron chi connectivity index (χ3n) is 4.44. The molecule has 29 heavy (non-hydrogen) atoms. The first-order chi connectivity index (χ1) is 14.0. The Labute approximate surface area is 170 Å². The maximum atomic E-state index is 12.4. The predicted molar refractivity (Wildman–Crippen MR) is 113 cm³/mol. The van der Waals surface area contributed by atoms with Gasteiger partial charge in [-0.05, 0) is 43.2 Å². The van der Waals surface area contributed by atoms with E-state index >= 15 is 0 Å². The Balaban J connectivity index is 1.62. The Morgan fingerprint density at radius 2 is 1.76 bits per heavy atom. The first-order valence-electron chi connectivity index (χ1n) is 9.15. The van der Waals surface area contributed by atoms with E-state index in [1.165, 1.54) is 12.4 Å². The number of aromatic nitrogens is 2. The summed E-state index contributed by atoms with van der Waals surface area (Å²) in [6.07, 6.45) is 2.99. The second-order valence-corrected chi connectivity index (χ2v) is 6.60. The van der Waals surface area contributed by atoms with Gasteiger partial charge in [0.05, 0.1) is 26.6 Å². The number of carbonyl (C=O) groups excluding carboxylic acids is 1. The monoisotopic (exact) mass is 392 g/mol. The number of anilines is 2. The van der Waals surface area contributed by atoms with Crippen molar-refractivity contribution in [1.82, 2.24) is 9.97 Å². The van der Waals surface area contributed by atoms with E-state index in [-0.39, 0.29) is 11.6 Å². The minimum Gasteiger partial charge on any atom is -0.493 e. The zero-order chi connectivity index (χ0) is 20.8. The number of hydrogen-bond donors (Lipinski definition) is 2. The normalized spacial score (nSPS) is 10.3. The van der Waals surface area contributed by atoms with Gasteiger partial charge in [0.1, 0.15) is 11.5 Å². The van der Waals surface area contributed by atoms with Crippen molar-refractivity contribution >= 4 is 17.4 Å². The molecule has 0 spiro atoms. The van der Waals surface area contributed by atoms with Crippen molar-refractivity contribution in [3.05, 3.63) is 71.2 Å². The van der Waals surface area contributed by atoms with Crippen LogP contribution in [0.1, 0.15) is 27.2 Å². The summed E-state index contributed by atoms with van der Waals surface area (Å²) in [6.45, 7) is 4.50. The van der Waals surface area contributed by atoms with E-state index in [1.807, 2.05) is 50.2 Å². The lowest BCUT2D eigenvalue weighted by molar-refractivity contribution is 0.102. The van der Waals surface area contributed by atoms with E-state index in [2.05, 4.69) is 20.6 Å². The standard InChI is InChI=1S/C22H24N4O3/c1-14-5-7-17(15(2)9-14)26-22(27)18-12-25-21(13-23-18)24-11-16-6-8-19(28-3)20(10-16)29-4/h5-10,12-13H,11H2,1-4H3,(H,24,25)(H,26,27). The van der Waals surface area contributed by atoms with Crippen molar-refractivity contribution in [3.8, 4) is 11.5 Å². The fourth-order valence-corrected chi connectivity index (χ4v) is 2.86. The van der Waals surface area contributed by atoms with E-state index in [9.17, 15) is 4.79 Å². The van der Waals surface area contributed by atoms with Gasteiger partial charge < -0.3 is 20.1 Å². The quantitative estimate of drug-likeness (QED) is 0.633. The van der Waals surface area contributed by atoms with Crippen LogP contribution >= 0.6 is 0 Å². The van der Waals surface area contributed by atoms with Crippen LogP contribution < -0.4 is 20.1 Å². The number of methoxy groups -OCH3 is 2. The largest absolute Gasteiger partial charge is 0.493 e. The van der Waals surface area contributed by atoms with Gasteiger partial charge in [0.2, 0.25) is 0 Å². The van der Waals surface area contributed by atoms with Crippen molar-refractivity contribution in [2.45, 2.75) is 20.4 Å². The van der Waals surface area contributed by atoms with Crippen LogP contribution in [0.2, 0.25) is 0 Å². The number of ether oxygens (including phenoxy) is 2. The summed E-state index contributed by atoms with van der Waals surface area (Å²) in [5, 5.41) is 6.05. The van der Waals surface area contributed by atoms with Gasteiger partial charge in [-0.1, -0.05) is 23.8 Å². The van der Waals surface area contributed by atoms with Gasteiger partial charge in [0.25, 0.3) is 5.91 Å². The molecule has 0 radical (unpaired) electrons. The third kappa shape index (κ3) is 5.01. The summed E-state index contributed by atoms with van der Waals surface area (Å²) in [6, 6.07) is 11.5. The molecule has 2 aromatic carbocycles. The summed E-state index contributed by atoms with van der Waals surface area (Å²) < 4.78 is 10.5. The Morgan fingerprint density at radius 1 is 0.966 bits per heavy atom. The van der Waals surface area contributed by atoms with E-state index in [1.54, 1.807) is 14.2 Å². The van der Waals surface area contributed by atoms with Crippen molar-refractivity contribution < 1.29 is 14.3 Å². The molecule has 1 aromatic heterocycles. The zero-order valence-corrected chi connectivity index (χ0v) is 16.9. The molecule has 0 fully saturated rings. The topological polar surface area (TPSA) is 85.4 Å². The van der Waals surface area contributed by atoms with Gasteiger partial charge in [0.15, 0.2) is 11.5 Å². The van der Waals surface area contributed by atoms with Gasteiger partial charge >= 0.3 is 0 Å². The van der Waals surface area contributed by atoms with Gasteiger partial charge in [-0.2, -0.15) is 0 Å². The molecule has 0 saturated heterocycles. The van der Waals surface area contributed by atoms with Crippen molar-refractivity contribution in [1.29, 1.82) is 0 Å². The molecule has 0 aliphatic rings. The van der Waals surface area contributed by atoms with Crippen LogP contribution in [-0.2, 0) is 6.54 Å². The Hall–Kier alpha value is -3.61. The van der Waals surface area contributed by atoms with Gasteiger partial charge in [0, 0.05) is 12.2 Å². The minimum atomic E-state index is -0.295. The number of amides is 1. The molecule has 0 saturated carbocycles. The van der Waals surface area contributed by atoms with Crippen molar-refractivity contribution in [2.24, 2.45) is 0 Å². The average Bonchev–Trinajstić information content (AvgIpc) is 2.74. The fourth-order valence-electron chi connectivity index (χ4n) is 2.86.